The standard InChI is InChI=1S/C17H24FN3O2.2ClH/c18-14-3-1-2-13(10-14)16(21-6-8-23-9-7-21)17(22)20-15(11-19)12-4-5-12;;/h1-3,10,12,15-16H,4-9,11,19H2,(H,20,22);2*1H. The van der Waals surface area contributed by atoms with E-state index in [9.17, 15) is 9.18 Å². The summed E-state index contributed by atoms with van der Waals surface area (Å²) < 4.78 is 19.0. The molecule has 8 heteroatoms. The zero-order valence-electron chi connectivity index (χ0n) is 14.0. The topological polar surface area (TPSA) is 67.6 Å². The molecule has 1 aliphatic heterocycles. The average Bonchev–Trinajstić information content (AvgIpc) is 3.39. The van der Waals surface area contributed by atoms with Crippen LogP contribution in [0.2, 0.25) is 0 Å². The molecule has 5 nitrogen and oxygen atoms in total. The van der Waals surface area contributed by atoms with Crippen LogP contribution in [-0.4, -0.2) is 49.7 Å². The van der Waals surface area contributed by atoms with Gasteiger partial charge in [-0.2, -0.15) is 0 Å². The Morgan fingerprint density at radius 2 is 2.00 bits per heavy atom. The number of hydrogen-bond acceptors (Lipinski definition) is 4. The monoisotopic (exact) mass is 393 g/mol. The Hall–Kier alpha value is -0.920. The molecule has 0 bridgehead atoms. The molecule has 0 spiro atoms. The zero-order chi connectivity index (χ0) is 16.2. The molecule has 2 aliphatic rings. The number of halogens is 3. The number of nitrogens with one attached hydrogen (secondary N) is 1. The third-order valence-corrected chi connectivity index (χ3v) is 4.60. The van der Waals surface area contributed by atoms with E-state index >= 15 is 0 Å². The minimum atomic E-state index is -0.498. The van der Waals surface area contributed by atoms with Crippen molar-refractivity contribution in [3.8, 4) is 0 Å². The second-order valence-electron chi connectivity index (χ2n) is 6.29. The van der Waals surface area contributed by atoms with Gasteiger partial charge in [-0.1, -0.05) is 12.1 Å². The van der Waals surface area contributed by atoms with E-state index in [-0.39, 0.29) is 42.6 Å². The molecule has 1 aromatic carbocycles. The largest absolute Gasteiger partial charge is 0.379 e. The molecule has 2 atom stereocenters. The van der Waals surface area contributed by atoms with Crippen molar-refractivity contribution in [2.24, 2.45) is 11.7 Å². The van der Waals surface area contributed by atoms with E-state index in [1.807, 2.05) is 4.90 Å². The molecule has 0 aromatic heterocycles. The first-order valence-corrected chi connectivity index (χ1v) is 8.26. The number of morpholine rings is 1. The van der Waals surface area contributed by atoms with E-state index < -0.39 is 6.04 Å². The average molecular weight is 394 g/mol. The maximum absolute atomic E-state index is 13.6. The van der Waals surface area contributed by atoms with Gasteiger partial charge in [-0.15, -0.1) is 24.8 Å². The molecule has 1 saturated carbocycles. The normalized spacial score (nSPS) is 19.9. The Bertz CT molecular complexity index is 554. The van der Waals surface area contributed by atoms with E-state index in [1.54, 1.807) is 12.1 Å². The van der Waals surface area contributed by atoms with Crippen LogP contribution in [0.3, 0.4) is 0 Å². The van der Waals surface area contributed by atoms with Gasteiger partial charge >= 0.3 is 0 Å². The van der Waals surface area contributed by atoms with Crippen molar-refractivity contribution < 1.29 is 13.9 Å². The molecular weight excluding hydrogens is 368 g/mol. The third-order valence-electron chi connectivity index (χ3n) is 4.60. The maximum Gasteiger partial charge on any atom is 0.242 e. The van der Waals surface area contributed by atoms with Crippen LogP contribution in [-0.2, 0) is 9.53 Å². The molecule has 0 radical (unpaired) electrons. The van der Waals surface area contributed by atoms with Crippen LogP contribution in [0, 0.1) is 11.7 Å². The molecule has 1 amide bonds. The molecule has 2 unspecified atom stereocenters. The quantitative estimate of drug-likeness (QED) is 0.774. The summed E-state index contributed by atoms with van der Waals surface area (Å²) in [5.74, 6) is 0.0628. The Labute approximate surface area is 160 Å². The van der Waals surface area contributed by atoms with E-state index in [0.717, 1.165) is 12.8 Å². The fourth-order valence-corrected chi connectivity index (χ4v) is 3.17. The van der Waals surface area contributed by atoms with E-state index in [2.05, 4.69) is 5.32 Å². The molecule has 1 heterocycles. The van der Waals surface area contributed by atoms with Gasteiger partial charge in [0.2, 0.25) is 5.91 Å². The minimum Gasteiger partial charge on any atom is -0.379 e. The summed E-state index contributed by atoms with van der Waals surface area (Å²) in [6, 6.07) is 5.80. The number of carbonyl (C=O) groups is 1. The summed E-state index contributed by atoms with van der Waals surface area (Å²) in [5, 5.41) is 3.08. The first-order chi connectivity index (χ1) is 11.2. The van der Waals surface area contributed by atoms with Crippen molar-refractivity contribution in [3.05, 3.63) is 35.6 Å². The number of amides is 1. The molecule has 1 saturated heterocycles. The van der Waals surface area contributed by atoms with Crippen molar-refractivity contribution in [2.75, 3.05) is 32.8 Å². The van der Waals surface area contributed by atoms with Gasteiger partial charge in [-0.05, 0) is 36.5 Å². The number of carbonyl (C=O) groups excluding carboxylic acids is 1. The van der Waals surface area contributed by atoms with Gasteiger partial charge in [0.1, 0.15) is 11.9 Å². The fourth-order valence-electron chi connectivity index (χ4n) is 3.17. The molecule has 25 heavy (non-hydrogen) atoms. The summed E-state index contributed by atoms with van der Waals surface area (Å²) in [4.78, 5) is 14.9. The zero-order valence-corrected chi connectivity index (χ0v) is 15.7. The SMILES string of the molecule is Cl.Cl.NCC(NC(=O)C(c1cccc(F)c1)N1CCOCC1)C1CC1. The molecule has 2 fully saturated rings. The molecule has 1 aliphatic carbocycles. The minimum absolute atomic E-state index is 0. The lowest BCUT2D eigenvalue weighted by atomic mass is 10.0. The highest BCUT2D eigenvalue weighted by atomic mass is 35.5. The van der Waals surface area contributed by atoms with Crippen LogP contribution >= 0.6 is 24.8 Å². The highest BCUT2D eigenvalue weighted by Crippen LogP contribution is 2.33. The number of hydrogen-bond donors (Lipinski definition) is 2. The van der Waals surface area contributed by atoms with Crippen molar-refractivity contribution in [2.45, 2.75) is 24.9 Å². The number of benzene rings is 1. The van der Waals surface area contributed by atoms with Crippen LogP contribution in [0.4, 0.5) is 4.39 Å². The van der Waals surface area contributed by atoms with Crippen molar-refractivity contribution in [3.63, 3.8) is 0 Å². The van der Waals surface area contributed by atoms with E-state index in [1.165, 1.54) is 12.1 Å². The predicted molar refractivity (Wildman–Crippen MR) is 99.7 cm³/mol. The summed E-state index contributed by atoms with van der Waals surface area (Å²) in [6.07, 6.45) is 2.23. The second kappa shape index (κ2) is 10.3. The Morgan fingerprint density at radius 3 is 2.56 bits per heavy atom. The van der Waals surface area contributed by atoms with Crippen LogP contribution in [0.25, 0.3) is 0 Å². The van der Waals surface area contributed by atoms with Gasteiger partial charge < -0.3 is 15.8 Å². The summed E-state index contributed by atoms with van der Waals surface area (Å²) in [6.45, 7) is 2.93. The number of rotatable bonds is 6. The second-order valence-corrected chi connectivity index (χ2v) is 6.29. The first kappa shape index (κ1) is 22.1. The Kier molecular flexibility index (Phi) is 9.10. The predicted octanol–water partition coefficient (Wildman–Crippen LogP) is 1.90. The number of nitrogens with two attached hydrogens (primary N) is 1. The molecule has 142 valence electrons. The van der Waals surface area contributed by atoms with Crippen LogP contribution in [0.1, 0.15) is 24.4 Å². The molecule has 3 N–H and O–H groups in total. The highest BCUT2D eigenvalue weighted by molar-refractivity contribution is 5.85. The summed E-state index contributed by atoms with van der Waals surface area (Å²) >= 11 is 0. The Balaban J connectivity index is 0.00000156. The number of nitrogens with zero attached hydrogens (tertiary/aromatic N) is 1. The Morgan fingerprint density at radius 1 is 1.32 bits per heavy atom. The van der Waals surface area contributed by atoms with Gasteiger partial charge in [-0.3, -0.25) is 9.69 Å². The summed E-state index contributed by atoms with van der Waals surface area (Å²) in [5.41, 5.74) is 6.47. The van der Waals surface area contributed by atoms with Gasteiger partial charge in [0.15, 0.2) is 0 Å². The lowest BCUT2D eigenvalue weighted by Crippen LogP contribution is -2.50. The molecule has 1 aromatic rings. The van der Waals surface area contributed by atoms with Gasteiger partial charge in [0.05, 0.1) is 13.2 Å². The van der Waals surface area contributed by atoms with Crippen molar-refractivity contribution in [1.29, 1.82) is 0 Å². The molecular formula is C17H26Cl2FN3O2. The molecule has 3 rings (SSSR count). The van der Waals surface area contributed by atoms with E-state index in [4.69, 9.17) is 10.5 Å². The number of ether oxygens (including phenoxy) is 1. The maximum atomic E-state index is 13.6. The van der Waals surface area contributed by atoms with Crippen molar-refractivity contribution >= 4 is 30.7 Å². The smallest absolute Gasteiger partial charge is 0.242 e. The highest BCUT2D eigenvalue weighted by Gasteiger charge is 2.35. The lowest BCUT2D eigenvalue weighted by Gasteiger charge is -2.34. The van der Waals surface area contributed by atoms with Crippen LogP contribution < -0.4 is 11.1 Å². The first-order valence-electron chi connectivity index (χ1n) is 8.26. The summed E-state index contributed by atoms with van der Waals surface area (Å²) in [7, 11) is 0. The van der Waals surface area contributed by atoms with Crippen LogP contribution in [0.15, 0.2) is 24.3 Å². The van der Waals surface area contributed by atoms with Crippen LogP contribution in [0.5, 0.6) is 0 Å². The van der Waals surface area contributed by atoms with Crippen molar-refractivity contribution in [1.82, 2.24) is 10.2 Å². The van der Waals surface area contributed by atoms with E-state index in [0.29, 0.717) is 44.3 Å². The van der Waals surface area contributed by atoms with Gasteiger partial charge in [-0.25, -0.2) is 4.39 Å². The lowest BCUT2D eigenvalue weighted by molar-refractivity contribution is -0.129. The van der Waals surface area contributed by atoms with Gasteiger partial charge in [0, 0.05) is 25.7 Å². The third kappa shape index (κ3) is 5.79. The van der Waals surface area contributed by atoms with Gasteiger partial charge in [0.25, 0.3) is 0 Å². The fraction of sp³-hybridized carbons (Fsp3) is 0.588.